The lowest BCUT2D eigenvalue weighted by Crippen LogP contribution is -2.04. The Kier molecular flexibility index (Phi) is 3.71. The summed E-state index contributed by atoms with van der Waals surface area (Å²) in [6.45, 7) is 0. The maximum Gasteiger partial charge on any atom is 0.142 e. The Morgan fingerprint density at radius 1 is 1.24 bits per heavy atom. The molecule has 88 valence electrons. The first-order valence-corrected chi connectivity index (χ1v) is 5.58. The van der Waals surface area contributed by atoms with Crippen molar-refractivity contribution in [2.75, 3.05) is 0 Å². The van der Waals surface area contributed by atoms with Crippen LogP contribution in [0.1, 0.15) is 17.4 Å². The third-order valence-electron chi connectivity index (χ3n) is 2.47. The minimum absolute atomic E-state index is 0.0315. The smallest absolute Gasteiger partial charge is 0.142 e. The lowest BCUT2D eigenvalue weighted by atomic mass is 10.0. The van der Waals surface area contributed by atoms with Gasteiger partial charge >= 0.3 is 0 Å². The van der Waals surface area contributed by atoms with Crippen LogP contribution in [-0.4, -0.2) is 10.1 Å². The van der Waals surface area contributed by atoms with Crippen LogP contribution >= 0.6 is 11.6 Å². The standard InChI is InChI=1S/C13H11ClFNO/c14-13-10(5-3-6-11(13)15)12(17)8-9-4-1-2-7-16-9/h1-7,12,17H,8H2. The van der Waals surface area contributed by atoms with Crippen molar-refractivity contribution in [2.24, 2.45) is 0 Å². The summed E-state index contributed by atoms with van der Waals surface area (Å²) in [5.41, 5.74) is 1.12. The van der Waals surface area contributed by atoms with E-state index in [0.717, 1.165) is 5.69 Å². The number of aliphatic hydroxyl groups is 1. The average molecular weight is 252 g/mol. The van der Waals surface area contributed by atoms with Crippen LogP contribution in [0.15, 0.2) is 42.6 Å². The van der Waals surface area contributed by atoms with E-state index in [0.29, 0.717) is 12.0 Å². The van der Waals surface area contributed by atoms with Crippen molar-refractivity contribution in [3.63, 3.8) is 0 Å². The Hall–Kier alpha value is -1.45. The van der Waals surface area contributed by atoms with Crippen LogP contribution in [0.5, 0.6) is 0 Å². The zero-order valence-electron chi connectivity index (χ0n) is 8.98. The van der Waals surface area contributed by atoms with Gasteiger partial charge in [-0.3, -0.25) is 4.98 Å². The summed E-state index contributed by atoms with van der Waals surface area (Å²) < 4.78 is 13.2. The first kappa shape index (κ1) is 12.0. The monoisotopic (exact) mass is 251 g/mol. The molecule has 0 saturated carbocycles. The molecule has 2 aromatic rings. The Labute approximate surface area is 104 Å². The van der Waals surface area contributed by atoms with Gasteiger partial charge in [0.2, 0.25) is 0 Å². The molecule has 0 fully saturated rings. The third-order valence-corrected chi connectivity index (χ3v) is 2.87. The summed E-state index contributed by atoms with van der Waals surface area (Å²) in [4.78, 5) is 4.10. The van der Waals surface area contributed by atoms with Gasteiger partial charge in [-0.2, -0.15) is 0 Å². The van der Waals surface area contributed by atoms with Crippen molar-refractivity contribution in [1.29, 1.82) is 0 Å². The second-order valence-corrected chi connectivity index (χ2v) is 4.06. The molecule has 0 aliphatic rings. The van der Waals surface area contributed by atoms with Crippen molar-refractivity contribution < 1.29 is 9.50 Å². The second-order valence-electron chi connectivity index (χ2n) is 3.68. The summed E-state index contributed by atoms with van der Waals surface area (Å²) in [7, 11) is 0. The van der Waals surface area contributed by atoms with Gasteiger partial charge in [-0.1, -0.05) is 29.8 Å². The highest BCUT2D eigenvalue weighted by Crippen LogP contribution is 2.27. The van der Waals surface area contributed by atoms with E-state index in [-0.39, 0.29) is 5.02 Å². The fraction of sp³-hybridized carbons (Fsp3) is 0.154. The van der Waals surface area contributed by atoms with Gasteiger partial charge in [0.25, 0.3) is 0 Å². The quantitative estimate of drug-likeness (QED) is 0.909. The van der Waals surface area contributed by atoms with E-state index in [1.54, 1.807) is 24.4 Å². The Balaban J connectivity index is 2.20. The van der Waals surface area contributed by atoms with Gasteiger partial charge in [-0.15, -0.1) is 0 Å². The molecule has 0 aliphatic carbocycles. The van der Waals surface area contributed by atoms with E-state index in [1.807, 2.05) is 6.07 Å². The highest BCUT2D eigenvalue weighted by molar-refractivity contribution is 6.31. The molecule has 1 atom stereocenters. The number of rotatable bonds is 3. The van der Waals surface area contributed by atoms with Crippen molar-refractivity contribution in [1.82, 2.24) is 4.98 Å². The van der Waals surface area contributed by atoms with Gasteiger partial charge in [0.1, 0.15) is 5.82 Å². The number of aromatic nitrogens is 1. The molecule has 0 amide bonds. The molecule has 2 rings (SSSR count). The van der Waals surface area contributed by atoms with Gasteiger partial charge in [0, 0.05) is 23.9 Å². The number of aliphatic hydroxyl groups excluding tert-OH is 1. The summed E-state index contributed by atoms with van der Waals surface area (Å²) in [5.74, 6) is -0.524. The van der Waals surface area contributed by atoms with E-state index >= 15 is 0 Å². The van der Waals surface area contributed by atoms with E-state index < -0.39 is 11.9 Å². The molecular formula is C13H11ClFNO. The van der Waals surface area contributed by atoms with Crippen molar-refractivity contribution in [3.05, 3.63) is 64.7 Å². The number of nitrogens with zero attached hydrogens (tertiary/aromatic N) is 1. The minimum Gasteiger partial charge on any atom is -0.388 e. The molecule has 0 radical (unpaired) electrons. The molecule has 0 spiro atoms. The summed E-state index contributed by atoms with van der Waals surface area (Å²) in [6, 6.07) is 9.83. The van der Waals surface area contributed by atoms with Gasteiger partial charge < -0.3 is 5.11 Å². The molecule has 1 aromatic heterocycles. The zero-order valence-corrected chi connectivity index (χ0v) is 9.73. The fourth-order valence-corrected chi connectivity index (χ4v) is 1.86. The van der Waals surface area contributed by atoms with Gasteiger partial charge in [-0.05, 0) is 18.2 Å². The molecule has 1 N–H and O–H groups in total. The summed E-state index contributed by atoms with van der Waals surface area (Å²) in [6.07, 6.45) is 1.10. The minimum atomic E-state index is -0.854. The van der Waals surface area contributed by atoms with E-state index in [4.69, 9.17) is 11.6 Å². The van der Waals surface area contributed by atoms with Crippen LogP contribution in [0.25, 0.3) is 0 Å². The molecule has 1 unspecified atom stereocenters. The van der Waals surface area contributed by atoms with E-state index in [9.17, 15) is 9.50 Å². The van der Waals surface area contributed by atoms with Gasteiger partial charge in [-0.25, -0.2) is 4.39 Å². The lowest BCUT2D eigenvalue weighted by molar-refractivity contribution is 0.177. The normalized spacial score (nSPS) is 12.4. The number of pyridine rings is 1. The molecule has 1 aromatic carbocycles. The molecule has 1 heterocycles. The van der Waals surface area contributed by atoms with Crippen LogP contribution in [-0.2, 0) is 6.42 Å². The van der Waals surface area contributed by atoms with Crippen LogP contribution < -0.4 is 0 Å². The largest absolute Gasteiger partial charge is 0.388 e. The Morgan fingerprint density at radius 3 is 2.76 bits per heavy atom. The van der Waals surface area contributed by atoms with Crippen molar-refractivity contribution >= 4 is 11.6 Å². The van der Waals surface area contributed by atoms with Crippen LogP contribution in [0.4, 0.5) is 4.39 Å². The summed E-state index contributed by atoms with van der Waals surface area (Å²) >= 11 is 5.80. The maximum absolute atomic E-state index is 13.2. The number of hydrogen-bond donors (Lipinski definition) is 1. The first-order chi connectivity index (χ1) is 8.18. The second kappa shape index (κ2) is 5.25. The molecule has 17 heavy (non-hydrogen) atoms. The first-order valence-electron chi connectivity index (χ1n) is 5.20. The molecule has 0 saturated heterocycles. The van der Waals surface area contributed by atoms with Crippen molar-refractivity contribution in [2.45, 2.75) is 12.5 Å². The fourth-order valence-electron chi connectivity index (χ4n) is 1.60. The molecule has 2 nitrogen and oxygen atoms in total. The number of halogens is 2. The third kappa shape index (κ3) is 2.81. The number of benzene rings is 1. The van der Waals surface area contributed by atoms with Crippen molar-refractivity contribution in [3.8, 4) is 0 Å². The number of hydrogen-bond acceptors (Lipinski definition) is 2. The predicted molar refractivity (Wildman–Crippen MR) is 64.3 cm³/mol. The predicted octanol–water partition coefficient (Wildman–Crippen LogP) is 3.15. The Bertz CT molecular complexity index is 504. The molecule has 0 aliphatic heterocycles. The van der Waals surface area contributed by atoms with E-state index in [1.165, 1.54) is 12.1 Å². The zero-order chi connectivity index (χ0) is 12.3. The lowest BCUT2D eigenvalue weighted by Gasteiger charge is -2.12. The molecule has 0 bridgehead atoms. The molecule has 4 heteroatoms. The van der Waals surface area contributed by atoms with Crippen LogP contribution in [0, 0.1) is 5.82 Å². The summed E-state index contributed by atoms with van der Waals surface area (Å²) in [5, 5.41) is 9.96. The highest BCUT2D eigenvalue weighted by Gasteiger charge is 2.15. The van der Waals surface area contributed by atoms with Gasteiger partial charge in [0.05, 0.1) is 11.1 Å². The van der Waals surface area contributed by atoms with Crippen LogP contribution in [0.3, 0.4) is 0 Å². The van der Waals surface area contributed by atoms with E-state index in [2.05, 4.69) is 4.98 Å². The van der Waals surface area contributed by atoms with Gasteiger partial charge in [0.15, 0.2) is 0 Å². The maximum atomic E-state index is 13.2. The topological polar surface area (TPSA) is 33.1 Å². The average Bonchev–Trinajstić information content (AvgIpc) is 2.34. The molecular weight excluding hydrogens is 241 g/mol. The highest BCUT2D eigenvalue weighted by atomic mass is 35.5. The Morgan fingerprint density at radius 2 is 2.06 bits per heavy atom. The van der Waals surface area contributed by atoms with Crippen LogP contribution in [0.2, 0.25) is 5.02 Å². The SMILES string of the molecule is OC(Cc1ccccn1)c1cccc(F)c1Cl.